The van der Waals surface area contributed by atoms with Crippen LogP contribution >= 0.6 is 0 Å². The normalized spacial score (nSPS) is 12.0. The number of hydrogen-bond donors (Lipinski definition) is 1. The molecule has 136 valence electrons. The number of unbranched alkanes of at least 4 members (excludes halogenated alkanes) is 4. The molecule has 0 radical (unpaired) electrons. The van der Waals surface area contributed by atoms with Crippen LogP contribution in [-0.4, -0.2) is 21.3 Å². The molecule has 0 aromatic carbocycles. The third-order valence-electron chi connectivity index (χ3n) is 4.22. The van der Waals surface area contributed by atoms with Crippen LogP contribution in [0.3, 0.4) is 0 Å². The number of allylic oxidation sites excluding steroid dienone is 1. The van der Waals surface area contributed by atoms with Gasteiger partial charge in [0, 0.05) is 11.6 Å². The van der Waals surface area contributed by atoms with Crippen molar-refractivity contribution in [3.63, 3.8) is 0 Å². The molecule has 0 aliphatic rings. The Morgan fingerprint density at radius 3 is 2.56 bits per heavy atom. The number of nitrogens with zero attached hydrogens (tertiary/aromatic N) is 3. The molecule has 0 saturated carbocycles. The third-order valence-corrected chi connectivity index (χ3v) is 4.22. The Balaban J connectivity index is 2.51. The SMILES string of the molecule is C=C/C=c1\c(=C)nc(N)c2nc(CCCC)n(OCCCCCC)c12. The van der Waals surface area contributed by atoms with Crippen LogP contribution in [0.25, 0.3) is 23.7 Å². The number of anilines is 1. The molecule has 0 unspecified atom stereocenters. The molecule has 0 fully saturated rings. The van der Waals surface area contributed by atoms with Crippen molar-refractivity contribution < 1.29 is 4.84 Å². The highest BCUT2D eigenvalue weighted by atomic mass is 16.7. The molecule has 5 heteroatoms. The second-order valence-corrected chi connectivity index (χ2v) is 6.28. The van der Waals surface area contributed by atoms with Crippen LogP contribution in [0.15, 0.2) is 12.7 Å². The van der Waals surface area contributed by atoms with E-state index in [-0.39, 0.29) is 0 Å². The van der Waals surface area contributed by atoms with Gasteiger partial charge >= 0.3 is 0 Å². The zero-order chi connectivity index (χ0) is 18.2. The average molecular weight is 342 g/mol. The summed E-state index contributed by atoms with van der Waals surface area (Å²) < 4.78 is 1.85. The van der Waals surface area contributed by atoms with Crippen LogP contribution < -0.4 is 21.1 Å². The van der Waals surface area contributed by atoms with Gasteiger partial charge in [-0.15, -0.1) is 0 Å². The maximum Gasteiger partial charge on any atom is 0.152 e. The lowest BCUT2D eigenvalue weighted by molar-refractivity contribution is 0.108. The van der Waals surface area contributed by atoms with Crippen LogP contribution in [0.5, 0.6) is 0 Å². The van der Waals surface area contributed by atoms with E-state index in [1.165, 1.54) is 19.3 Å². The van der Waals surface area contributed by atoms with Gasteiger partial charge < -0.3 is 10.6 Å². The summed E-state index contributed by atoms with van der Waals surface area (Å²) in [5.41, 5.74) is 7.63. The van der Waals surface area contributed by atoms with Crippen LogP contribution in [0.4, 0.5) is 5.82 Å². The summed E-state index contributed by atoms with van der Waals surface area (Å²) >= 11 is 0. The standard InChI is InChI=1S/C20H30N4O/c1-5-8-10-11-14-25-24-17(13-9-6-2)23-18-19(24)16(12-7-3)15(4)22-20(18)21/h7,12H,3-6,8-11,13-14H2,1-2H3,(H2,21,22)/b16-12+. The summed E-state index contributed by atoms with van der Waals surface area (Å²) in [6, 6.07) is 0. The highest BCUT2D eigenvalue weighted by molar-refractivity contribution is 5.86. The summed E-state index contributed by atoms with van der Waals surface area (Å²) in [5, 5.41) is 1.48. The summed E-state index contributed by atoms with van der Waals surface area (Å²) in [6.45, 7) is 12.8. The fourth-order valence-electron chi connectivity index (χ4n) is 2.87. The third kappa shape index (κ3) is 4.41. The Morgan fingerprint density at radius 2 is 1.88 bits per heavy atom. The van der Waals surface area contributed by atoms with E-state index in [0.29, 0.717) is 23.3 Å². The summed E-state index contributed by atoms with van der Waals surface area (Å²) in [6.07, 6.45) is 11.2. The molecule has 0 amide bonds. The molecule has 0 bridgehead atoms. The van der Waals surface area contributed by atoms with E-state index < -0.39 is 0 Å². The number of rotatable bonds is 10. The molecular formula is C20H30N4O. The molecule has 0 saturated heterocycles. The number of pyridine rings is 1. The fourth-order valence-corrected chi connectivity index (χ4v) is 2.87. The maximum absolute atomic E-state index is 6.12. The summed E-state index contributed by atoms with van der Waals surface area (Å²) in [5.74, 6) is 1.29. The molecule has 5 nitrogen and oxygen atoms in total. The Kier molecular flexibility index (Phi) is 7.04. The molecule has 0 atom stereocenters. The number of hydrogen-bond acceptors (Lipinski definition) is 4. The van der Waals surface area contributed by atoms with Gasteiger partial charge in [-0.1, -0.05) is 58.4 Å². The first-order chi connectivity index (χ1) is 12.1. The number of aromatic nitrogens is 3. The number of nitrogens with two attached hydrogens (primary N) is 1. The van der Waals surface area contributed by atoms with Gasteiger partial charge in [0.25, 0.3) is 0 Å². The van der Waals surface area contributed by atoms with Gasteiger partial charge in [-0.05, 0) is 19.3 Å². The van der Waals surface area contributed by atoms with Crippen LogP contribution in [-0.2, 0) is 6.42 Å². The number of imidazole rings is 1. The number of nitrogen functional groups attached to an aromatic ring is 1. The number of aryl methyl sites for hydroxylation is 1. The summed E-state index contributed by atoms with van der Waals surface area (Å²) in [7, 11) is 0. The lowest BCUT2D eigenvalue weighted by Crippen LogP contribution is -2.31. The van der Waals surface area contributed by atoms with Crippen molar-refractivity contribution in [1.82, 2.24) is 14.7 Å². The van der Waals surface area contributed by atoms with Gasteiger partial charge in [0.05, 0.1) is 5.35 Å². The second-order valence-electron chi connectivity index (χ2n) is 6.28. The van der Waals surface area contributed by atoms with E-state index in [1.807, 2.05) is 10.8 Å². The second kappa shape index (κ2) is 9.25. The van der Waals surface area contributed by atoms with Gasteiger partial charge in [0.1, 0.15) is 23.5 Å². The molecule has 0 spiro atoms. The van der Waals surface area contributed by atoms with E-state index in [4.69, 9.17) is 15.6 Å². The topological polar surface area (TPSA) is 66.0 Å². The van der Waals surface area contributed by atoms with Crippen LogP contribution in [0, 0.1) is 0 Å². The van der Waals surface area contributed by atoms with E-state index >= 15 is 0 Å². The Hall–Kier alpha value is -2.30. The van der Waals surface area contributed by atoms with E-state index in [9.17, 15) is 0 Å². The lowest BCUT2D eigenvalue weighted by atomic mass is 10.2. The first-order valence-corrected chi connectivity index (χ1v) is 9.25. The zero-order valence-corrected chi connectivity index (χ0v) is 15.6. The molecule has 0 aliphatic carbocycles. The monoisotopic (exact) mass is 342 g/mol. The Bertz CT molecular complexity index is 823. The van der Waals surface area contributed by atoms with Crippen molar-refractivity contribution in [3.8, 4) is 0 Å². The molecule has 2 rings (SSSR count). The van der Waals surface area contributed by atoms with Gasteiger partial charge in [-0.2, -0.15) is 4.73 Å². The molecule has 2 aromatic heterocycles. The summed E-state index contributed by atoms with van der Waals surface area (Å²) in [4.78, 5) is 15.2. The van der Waals surface area contributed by atoms with E-state index in [0.717, 1.165) is 42.2 Å². The molecule has 0 aliphatic heterocycles. The van der Waals surface area contributed by atoms with Crippen LogP contribution in [0.1, 0.15) is 58.2 Å². The van der Waals surface area contributed by atoms with Crippen molar-refractivity contribution >= 4 is 29.5 Å². The first kappa shape index (κ1) is 19.0. The lowest BCUT2D eigenvalue weighted by Gasteiger charge is -2.11. The van der Waals surface area contributed by atoms with E-state index in [1.54, 1.807) is 6.08 Å². The average Bonchev–Trinajstić information content (AvgIpc) is 2.95. The predicted molar refractivity (Wildman–Crippen MR) is 106 cm³/mol. The Morgan fingerprint density at radius 1 is 1.12 bits per heavy atom. The predicted octanol–water partition coefficient (Wildman–Crippen LogP) is 2.74. The minimum Gasteiger partial charge on any atom is -0.412 e. The minimum atomic E-state index is 0.396. The molecule has 2 heterocycles. The van der Waals surface area contributed by atoms with Crippen molar-refractivity contribution in [2.75, 3.05) is 12.3 Å². The smallest absolute Gasteiger partial charge is 0.152 e. The van der Waals surface area contributed by atoms with Gasteiger partial charge in [0.15, 0.2) is 5.82 Å². The first-order valence-electron chi connectivity index (χ1n) is 9.25. The molecule has 2 aromatic rings. The highest BCUT2D eigenvalue weighted by Gasteiger charge is 2.16. The van der Waals surface area contributed by atoms with Gasteiger partial charge in [-0.3, -0.25) is 0 Å². The number of fused-ring (bicyclic) bond motifs is 1. The van der Waals surface area contributed by atoms with E-state index in [2.05, 4.69) is 32.0 Å². The maximum atomic E-state index is 6.12. The largest absolute Gasteiger partial charge is 0.412 e. The van der Waals surface area contributed by atoms with Crippen molar-refractivity contribution in [1.29, 1.82) is 0 Å². The minimum absolute atomic E-state index is 0.396. The van der Waals surface area contributed by atoms with Crippen LogP contribution in [0.2, 0.25) is 0 Å². The highest BCUT2D eigenvalue weighted by Crippen LogP contribution is 2.17. The molecule has 25 heavy (non-hydrogen) atoms. The Labute approximate surface area is 149 Å². The molecule has 2 N–H and O–H groups in total. The quantitative estimate of drug-likeness (QED) is 0.674. The van der Waals surface area contributed by atoms with Crippen molar-refractivity contribution in [2.24, 2.45) is 0 Å². The van der Waals surface area contributed by atoms with Crippen molar-refractivity contribution in [2.45, 2.75) is 58.8 Å². The van der Waals surface area contributed by atoms with Gasteiger partial charge in [0.2, 0.25) is 0 Å². The fraction of sp³-hybridized carbons (Fsp3) is 0.500. The van der Waals surface area contributed by atoms with Gasteiger partial charge in [-0.25, -0.2) is 9.97 Å². The van der Waals surface area contributed by atoms with Crippen molar-refractivity contribution in [3.05, 3.63) is 29.0 Å². The molecular weight excluding hydrogens is 312 g/mol. The zero-order valence-electron chi connectivity index (χ0n) is 15.6.